The van der Waals surface area contributed by atoms with Gasteiger partial charge in [0.15, 0.2) is 0 Å². The molecule has 232 valence electrons. The van der Waals surface area contributed by atoms with Crippen LogP contribution >= 0.6 is 0 Å². The third kappa shape index (κ3) is 7.52. The molecule has 0 spiro atoms. The van der Waals surface area contributed by atoms with E-state index in [-0.39, 0.29) is 29.2 Å². The first-order chi connectivity index (χ1) is 20.9. The standard InChI is InChI=1S/C30H32F3N7O4/c1-18(9-13-41)29(43)39-12-14-44-23(17-39)8-11-40-19(2)16-37-27(35)26(40)25(34)20-3-5-21(6-4-20)28(42)38-24-15-22(7-10-36-24)30(31,32)33/h3-7,9-10,15-16,18,23H,8,11-12,14,17,34H2,1-2H3,(H2,35,37)(H,36,38,42)/b26-25-/t18?,23-/m0/s1. The number of aromatic nitrogens is 1. The van der Waals surface area contributed by atoms with Crippen molar-refractivity contribution in [3.63, 3.8) is 0 Å². The number of halogens is 3. The molecule has 0 bridgehead atoms. The molecule has 0 saturated carbocycles. The van der Waals surface area contributed by atoms with Gasteiger partial charge in [-0.2, -0.15) is 13.2 Å². The van der Waals surface area contributed by atoms with Gasteiger partial charge < -0.3 is 31.3 Å². The summed E-state index contributed by atoms with van der Waals surface area (Å²) in [6, 6.07) is 7.73. The highest BCUT2D eigenvalue weighted by Gasteiger charge is 2.31. The minimum atomic E-state index is -4.57. The average molecular weight is 612 g/mol. The summed E-state index contributed by atoms with van der Waals surface area (Å²) in [4.78, 5) is 47.6. The van der Waals surface area contributed by atoms with Crippen LogP contribution in [-0.2, 0) is 20.5 Å². The first-order valence-corrected chi connectivity index (χ1v) is 13.7. The normalized spacial score (nSPS) is 18.9. The Morgan fingerprint density at radius 2 is 1.93 bits per heavy atom. The highest BCUT2D eigenvalue weighted by molar-refractivity contribution is 6.05. The lowest BCUT2D eigenvalue weighted by atomic mass is 10.0. The van der Waals surface area contributed by atoms with Crippen LogP contribution in [0.1, 0.15) is 41.8 Å². The molecule has 2 amide bonds. The number of hydrogen-bond donors (Lipinski definition) is 3. The molecule has 4 rings (SSSR count). The summed E-state index contributed by atoms with van der Waals surface area (Å²) in [6.07, 6.45) is -0.524. The van der Waals surface area contributed by atoms with Crippen LogP contribution < -0.4 is 16.8 Å². The Balaban J connectivity index is 1.47. The van der Waals surface area contributed by atoms with Crippen molar-refractivity contribution in [2.45, 2.75) is 32.5 Å². The second kappa shape index (κ2) is 13.6. The van der Waals surface area contributed by atoms with Gasteiger partial charge in [0.1, 0.15) is 23.3 Å². The molecule has 0 aliphatic carbocycles. The Kier molecular flexibility index (Phi) is 9.87. The number of benzene rings is 1. The van der Waals surface area contributed by atoms with Gasteiger partial charge in [0.05, 0.1) is 29.9 Å². The largest absolute Gasteiger partial charge is 0.416 e. The number of nitrogens with one attached hydrogen (secondary N) is 1. The van der Waals surface area contributed by atoms with E-state index < -0.39 is 23.6 Å². The number of carbonyl (C=O) groups excluding carboxylic acids is 3. The highest BCUT2D eigenvalue weighted by Crippen LogP contribution is 2.30. The summed E-state index contributed by atoms with van der Waals surface area (Å²) in [5.41, 5.74) is 14.1. The lowest BCUT2D eigenvalue weighted by Crippen LogP contribution is -2.48. The van der Waals surface area contributed by atoms with Gasteiger partial charge in [0.2, 0.25) is 5.91 Å². The highest BCUT2D eigenvalue weighted by atomic mass is 19.4. The van der Waals surface area contributed by atoms with E-state index in [9.17, 15) is 27.6 Å². The van der Waals surface area contributed by atoms with E-state index in [1.165, 1.54) is 18.2 Å². The van der Waals surface area contributed by atoms with Gasteiger partial charge in [-0.3, -0.25) is 9.59 Å². The van der Waals surface area contributed by atoms with Crippen molar-refractivity contribution >= 4 is 35.1 Å². The Bertz CT molecular complexity index is 1550. The number of rotatable bonds is 8. The number of amides is 2. The minimum Gasteiger partial charge on any atom is -0.396 e. The van der Waals surface area contributed by atoms with Crippen LogP contribution in [0.4, 0.5) is 19.0 Å². The van der Waals surface area contributed by atoms with Gasteiger partial charge >= 0.3 is 6.18 Å². The molecule has 1 aromatic carbocycles. The van der Waals surface area contributed by atoms with Crippen LogP contribution in [0.3, 0.4) is 0 Å². The molecule has 14 heteroatoms. The molecule has 3 heterocycles. The monoisotopic (exact) mass is 611 g/mol. The van der Waals surface area contributed by atoms with Crippen LogP contribution in [-0.4, -0.2) is 70.7 Å². The molecule has 5 N–H and O–H groups in total. The van der Waals surface area contributed by atoms with Gasteiger partial charge in [-0.1, -0.05) is 12.1 Å². The van der Waals surface area contributed by atoms with Gasteiger partial charge in [-0.25, -0.2) is 14.8 Å². The third-order valence-corrected chi connectivity index (χ3v) is 7.20. The summed E-state index contributed by atoms with van der Waals surface area (Å²) in [5, 5.41) is 2.37. The summed E-state index contributed by atoms with van der Waals surface area (Å²) < 4.78 is 44.9. The zero-order chi connectivity index (χ0) is 32.0. The predicted octanol–water partition coefficient (Wildman–Crippen LogP) is 3.16. The molecule has 2 aliphatic rings. The first-order valence-electron chi connectivity index (χ1n) is 13.7. The van der Waals surface area contributed by atoms with Gasteiger partial charge in [0, 0.05) is 49.4 Å². The number of allylic oxidation sites excluding steroid dienone is 1. The van der Waals surface area contributed by atoms with E-state index in [1.807, 2.05) is 11.8 Å². The smallest absolute Gasteiger partial charge is 0.396 e. The molecule has 2 atom stereocenters. The van der Waals surface area contributed by atoms with E-state index in [0.29, 0.717) is 49.6 Å². The number of aliphatic imine (C=N–C) groups is 1. The van der Waals surface area contributed by atoms with Crippen molar-refractivity contribution < 1.29 is 32.3 Å². The van der Waals surface area contributed by atoms with Crippen LogP contribution in [0.5, 0.6) is 0 Å². The van der Waals surface area contributed by atoms with E-state index in [1.54, 1.807) is 36.1 Å². The molecule has 44 heavy (non-hydrogen) atoms. The van der Waals surface area contributed by atoms with Gasteiger partial charge in [0.25, 0.3) is 5.91 Å². The van der Waals surface area contributed by atoms with Crippen LogP contribution in [0.25, 0.3) is 5.70 Å². The summed E-state index contributed by atoms with van der Waals surface area (Å²) >= 11 is 0. The molecule has 1 aromatic heterocycles. The number of carbonyl (C=O) groups is 2. The minimum absolute atomic E-state index is 0.167. The molecule has 2 aliphatic heterocycles. The Morgan fingerprint density at radius 3 is 2.61 bits per heavy atom. The number of alkyl halides is 3. The zero-order valence-electron chi connectivity index (χ0n) is 24.1. The Labute approximate surface area is 251 Å². The number of hydrogen-bond acceptors (Lipinski definition) is 9. The fraction of sp³-hybridized carbons (Fsp3) is 0.333. The quantitative estimate of drug-likeness (QED) is 0.385. The number of nitrogens with two attached hydrogens (primary N) is 2. The third-order valence-electron chi connectivity index (χ3n) is 7.20. The van der Waals surface area contributed by atoms with Crippen LogP contribution in [0, 0.1) is 5.92 Å². The van der Waals surface area contributed by atoms with Crippen molar-refractivity contribution in [1.82, 2.24) is 14.8 Å². The fourth-order valence-electron chi connectivity index (χ4n) is 4.81. The Morgan fingerprint density at radius 1 is 1.23 bits per heavy atom. The molecular formula is C30H32F3N7O4. The molecule has 11 nitrogen and oxygen atoms in total. The number of pyridine rings is 1. The average Bonchev–Trinajstić information content (AvgIpc) is 3.00. The maximum Gasteiger partial charge on any atom is 0.416 e. The molecule has 0 radical (unpaired) electrons. The number of morpholine rings is 1. The second-order valence-electron chi connectivity index (χ2n) is 10.3. The molecule has 1 fully saturated rings. The summed E-state index contributed by atoms with van der Waals surface area (Å²) in [5.74, 6) is 0.228. The number of anilines is 1. The topological polar surface area (TPSA) is 156 Å². The van der Waals surface area contributed by atoms with Crippen molar-refractivity contribution in [2.75, 3.05) is 31.6 Å². The van der Waals surface area contributed by atoms with Crippen molar-refractivity contribution in [2.24, 2.45) is 22.4 Å². The van der Waals surface area contributed by atoms with Crippen molar-refractivity contribution in [3.05, 3.63) is 83.0 Å². The van der Waals surface area contributed by atoms with E-state index >= 15 is 0 Å². The van der Waals surface area contributed by atoms with Crippen molar-refractivity contribution in [1.29, 1.82) is 0 Å². The first kappa shape index (κ1) is 32.0. The van der Waals surface area contributed by atoms with E-state index in [2.05, 4.69) is 15.3 Å². The van der Waals surface area contributed by atoms with E-state index in [4.69, 9.17) is 16.2 Å². The summed E-state index contributed by atoms with van der Waals surface area (Å²) in [7, 11) is 0. The van der Waals surface area contributed by atoms with E-state index in [0.717, 1.165) is 24.0 Å². The Hall–Kier alpha value is -4.94. The number of nitrogens with zero attached hydrogens (tertiary/aromatic N) is 4. The lowest BCUT2D eigenvalue weighted by Gasteiger charge is -2.36. The predicted molar refractivity (Wildman–Crippen MR) is 157 cm³/mol. The molecular weight excluding hydrogens is 579 g/mol. The number of amidine groups is 1. The van der Waals surface area contributed by atoms with Crippen LogP contribution in [0.15, 0.2) is 71.3 Å². The zero-order valence-corrected chi connectivity index (χ0v) is 24.1. The lowest BCUT2D eigenvalue weighted by molar-refractivity contribution is -0.141. The molecule has 2 aromatic rings. The summed E-state index contributed by atoms with van der Waals surface area (Å²) in [6.45, 7) is 5.09. The van der Waals surface area contributed by atoms with Crippen LogP contribution in [0.2, 0.25) is 0 Å². The number of ether oxygens (including phenoxy) is 1. The second-order valence-corrected chi connectivity index (χ2v) is 10.3. The molecule has 1 saturated heterocycles. The fourth-order valence-corrected chi connectivity index (χ4v) is 4.81. The van der Waals surface area contributed by atoms with Crippen molar-refractivity contribution in [3.8, 4) is 0 Å². The maximum atomic E-state index is 13.0. The van der Waals surface area contributed by atoms with Gasteiger partial charge in [-0.15, -0.1) is 0 Å². The molecule has 1 unspecified atom stereocenters. The maximum absolute atomic E-state index is 13.0. The van der Waals surface area contributed by atoms with Gasteiger partial charge in [-0.05, 0) is 50.1 Å². The SMILES string of the molecule is CC1=CN=C(N)/C(=C(/N)c2ccc(C(=O)Nc3cc(C(F)(F)F)ccn3)cc2)N1CC[C@H]1CN(C(=O)C(C)C=C=O)CCO1.